The van der Waals surface area contributed by atoms with E-state index in [0.717, 1.165) is 22.9 Å². The van der Waals surface area contributed by atoms with Crippen LogP contribution in [0.1, 0.15) is 44.3 Å². The lowest BCUT2D eigenvalue weighted by atomic mass is 10.1. The lowest BCUT2D eigenvalue weighted by Gasteiger charge is -2.19. The Morgan fingerprint density at radius 3 is 2.55 bits per heavy atom. The molecule has 2 N–H and O–H groups in total. The molecule has 0 spiro atoms. The standard InChI is InChI=1S/C16H22N4/c1-12-17-16(20-19-12)14-10-6-7-11-15(14)18-13-8-4-2-3-5-9-13/h6-7,10-11,13,18H,2-5,8-9H2,1H3,(H,17,19,20). The van der Waals surface area contributed by atoms with Crippen LogP contribution in [-0.2, 0) is 0 Å². The first-order valence-electron chi connectivity index (χ1n) is 7.58. The number of H-pyrrole nitrogens is 1. The van der Waals surface area contributed by atoms with E-state index < -0.39 is 0 Å². The molecule has 1 aliphatic carbocycles. The van der Waals surface area contributed by atoms with Crippen LogP contribution < -0.4 is 5.32 Å². The number of aromatic nitrogens is 3. The van der Waals surface area contributed by atoms with Crippen molar-refractivity contribution in [2.45, 2.75) is 51.5 Å². The van der Waals surface area contributed by atoms with Crippen molar-refractivity contribution in [2.75, 3.05) is 5.32 Å². The molecular formula is C16H22N4. The molecule has 1 fully saturated rings. The van der Waals surface area contributed by atoms with Crippen molar-refractivity contribution in [2.24, 2.45) is 0 Å². The highest BCUT2D eigenvalue weighted by molar-refractivity contribution is 5.73. The number of anilines is 1. The topological polar surface area (TPSA) is 53.6 Å². The highest BCUT2D eigenvalue weighted by atomic mass is 15.2. The Morgan fingerprint density at radius 1 is 1.10 bits per heavy atom. The summed E-state index contributed by atoms with van der Waals surface area (Å²) >= 11 is 0. The molecule has 4 nitrogen and oxygen atoms in total. The van der Waals surface area contributed by atoms with Crippen molar-refractivity contribution in [3.8, 4) is 11.4 Å². The van der Waals surface area contributed by atoms with E-state index in [0.29, 0.717) is 6.04 Å². The maximum Gasteiger partial charge on any atom is 0.183 e. The second-order valence-electron chi connectivity index (χ2n) is 5.62. The van der Waals surface area contributed by atoms with Crippen LogP contribution in [0.25, 0.3) is 11.4 Å². The third-order valence-electron chi connectivity index (χ3n) is 3.98. The fourth-order valence-electron chi connectivity index (χ4n) is 2.91. The third-order valence-corrected chi connectivity index (χ3v) is 3.98. The van der Waals surface area contributed by atoms with Crippen molar-refractivity contribution in [1.29, 1.82) is 0 Å². The molecule has 20 heavy (non-hydrogen) atoms. The van der Waals surface area contributed by atoms with Crippen molar-refractivity contribution < 1.29 is 0 Å². The maximum atomic E-state index is 4.45. The summed E-state index contributed by atoms with van der Waals surface area (Å²) in [6.45, 7) is 1.93. The summed E-state index contributed by atoms with van der Waals surface area (Å²) in [6, 6.07) is 8.91. The van der Waals surface area contributed by atoms with E-state index in [-0.39, 0.29) is 0 Å². The summed E-state index contributed by atoms with van der Waals surface area (Å²) < 4.78 is 0. The van der Waals surface area contributed by atoms with Crippen LogP contribution in [-0.4, -0.2) is 21.2 Å². The minimum absolute atomic E-state index is 0.582. The van der Waals surface area contributed by atoms with Crippen LogP contribution in [0, 0.1) is 6.92 Å². The number of aryl methyl sites for hydroxylation is 1. The molecule has 1 saturated carbocycles. The Morgan fingerprint density at radius 2 is 1.85 bits per heavy atom. The van der Waals surface area contributed by atoms with Crippen LogP contribution in [0.4, 0.5) is 5.69 Å². The molecule has 3 rings (SSSR count). The van der Waals surface area contributed by atoms with Gasteiger partial charge in [0.2, 0.25) is 0 Å². The monoisotopic (exact) mass is 270 g/mol. The van der Waals surface area contributed by atoms with Gasteiger partial charge in [0, 0.05) is 17.3 Å². The Bertz CT molecular complexity index is 553. The summed E-state index contributed by atoms with van der Waals surface area (Å²) in [5.41, 5.74) is 2.24. The fraction of sp³-hybridized carbons (Fsp3) is 0.500. The molecule has 0 saturated heterocycles. The van der Waals surface area contributed by atoms with Crippen molar-refractivity contribution in [3.05, 3.63) is 30.1 Å². The average Bonchev–Trinajstić information content (AvgIpc) is 2.73. The Hall–Kier alpha value is -1.84. The van der Waals surface area contributed by atoms with Gasteiger partial charge in [-0.05, 0) is 31.9 Å². The SMILES string of the molecule is Cc1nc(-c2ccccc2NC2CCCCCC2)n[nH]1. The third kappa shape index (κ3) is 3.00. The van der Waals surface area contributed by atoms with Gasteiger partial charge in [0.1, 0.15) is 5.82 Å². The number of rotatable bonds is 3. The average molecular weight is 270 g/mol. The predicted octanol–water partition coefficient (Wildman–Crippen LogP) is 3.91. The zero-order chi connectivity index (χ0) is 13.8. The van der Waals surface area contributed by atoms with Gasteiger partial charge in [0.25, 0.3) is 0 Å². The van der Waals surface area contributed by atoms with E-state index in [4.69, 9.17) is 0 Å². The summed E-state index contributed by atoms with van der Waals surface area (Å²) in [5.74, 6) is 1.63. The lowest BCUT2D eigenvalue weighted by Crippen LogP contribution is -2.18. The van der Waals surface area contributed by atoms with Crippen LogP contribution in [0.2, 0.25) is 0 Å². The fourth-order valence-corrected chi connectivity index (χ4v) is 2.91. The highest BCUT2D eigenvalue weighted by Crippen LogP contribution is 2.28. The van der Waals surface area contributed by atoms with Crippen LogP contribution >= 0.6 is 0 Å². The zero-order valence-corrected chi connectivity index (χ0v) is 12.0. The van der Waals surface area contributed by atoms with E-state index in [9.17, 15) is 0 Å². The number of para-hydroxylation sites is 1. The van der Waals surface area contributed by atoms with Crippen molar-refractivity contribution in [1.82, 2.24) is 15.2 Å². The van der Waals surface area contributed by atoms with E-state index in [1.165, 1.54) is 38.5 Å². The molecular weight excluding hydrogens is 248 g/mol. The smallest absolute Gasteiger partial charge is 0.183 e. The number of hydrogen-bond acceptors (Lipinski definition) is 3. The van der Waals surface area contributed by atoms with Gasteiger partial charge >= 0.3 is 0 Å². The number of hydrogen-bond donors (Lipinski definition) is 2. The largest absolute Gasteiger partial charge is 0.382 e. The number of nitrogens with one attached hydrogen (secondary N) is 2. The van der Waals surface area contributed by atoms with Gasteiger partial charge in [-0.1, -0.05) is 37.8 Å². The molecule has 1 aromatic carbocycles. The van der Waals surface area contributed by atoms with Gasteiger partial charge in [-0.2, -0.15) is 5.10 Å². The first-order valence-corrected chi connectivity index (χ1v) is 7.58. The van der Waals surface area contributed by atoms with Gasteiger partial charge < -0.3 is 5.32 Å². The predicted molar refractivity (Wildman–Crippen MR) is 81.7 cm³/mol. The molecule has 4 heteroatoms. The molecule has 0 aliphatic heterocycles. The molecule has 0 amide bonds. The summed E-state index contributed by atoms with van der Waals surface area (Å²) in [7, 11) is 0. The van der Waals surface area contributed by atoms with E-state index in [2.05, 4.69) is 38.7 Å². The number of benzene rings is 1. The van der Waals surface area contributed by atoms with E-state index in [1.807, 2.05) is 13.0 Å². The molecule has 2 aromatic rings. The minimum Gasteiger partial charge on any atom is -0.382 e. The highest BCUT2D eigenvalue weighted by Gasteiger charge is 2.15. The first kappa shape index (κ1) is 13.2. The van der Waals surface area contributed by atoms with Gasteiger partial charge in [0.15, 0.2) is 5.82 Å². The second-order valence-corrected chi connectivity index (χ2v) is 5.62. The molecule has 106 valence electrons. The molecule has 1 aromatic heterocycles. The maximum absolute atomic E-state index is 4.45. The van der Waals surface area contributed by atoms with Crippen molar-refractivity contribution >= 4 is 5.69 Å². The van der Waals surface area contributed by atoms with Gasteiger partial charge in [-0.3, -0.25) is 5.10 Å². The van der Waals surface area contributed by atoms with Gasteiger partial charge in [0.05, 0.1) is 0 Å². The summed E-state index contributed by atoms with van der Waals surface area (Å²) in [5, 5.41) is 10.9. The zero-order valence-electron chi connectivity index (χ0n) is 12.0. The Balaban J connectivity index is 1.82. The van der Waals surface area contributed by atoms with Gasteiger partial charge in [-0.15, -0.1) is 0 Å². The summed E-state index contributed by atoms with van der Waals surface area (Å²) in [4.78, 5) is 4.45. The van der Waals surface area contributed by atoms with Crippen molar-refractivity contribution in [3.63, 3.8) is 0 Å². The second kappa shape index (κ2) is 6.07. The quantitative estimate of drug-likeness (QED) is 0.831. The molecule has 0 unspecified atom stereocenters. The van der Waals surface area contributed by atoms with Crippen LogP contribution in [0.5, 0.6) is 0 Å². The van der Waals surface area contributed by atoms with Gasteiger partial charge in [-0.25, -0.2) is 4.98 Å². The lowest BCUT2D eigenvalue weighted by molar-refractivity contribution is 0.620. The molecule has 0 radical (unpaired) electrons. The molecule has 1 heterocycles. The van der Waals surface area contributed by atoms with E-state index in [1.54, 1.807) is 0 Å². The Labute approximate surface area is 120 Å². The van der Waals surface area contributed by atoms with Crippen LogP contribution in [0.3, 0.4) is 0 Å². The molecule has 0 bridgehead atoms. The Kier molecular flexibility index (Phi) is 4.00. The number of aromatic amines is 1. The first-order chi connectivity index (χ1) is 9.83. The van der Waals surface area contributed by atoms with Crippen LogP contribution in [0.15, 0.2) is 24.3 Å². The minimum atomic E-state index is 0.582. The van der Waals surface area contributed by atoms with E-state index >= 15 is 0 Å². The molecule has 1 aliphatic rings. The normalized spacial score (nSPS) is 16.9. The number of nitrogens with zero attached hydrogens (tertiary/aromatic N) is 2. The molecule has 0 atom stereocenters. The summed E-state index contributed by atoms with van der Waals surface area (Å²) in [6.07, 6.45) is 7.95.